The third-order valence-corrected chi connectivity index (χ3v) is 3.65. The van der Waals surface area contributed by atoms with Gasteiger partial charge in [-0.05, 0) is 7.05 Å². The first-order valence-corrected chi connectivity index (χ1v) is 7.15. The number of hydrogen-bond acceptors (Lipinski definition) is 3. The topological polar surface area (TPSA) is 38.1 Å². The van der Waals surface area contributed by atoms with Gasteiger partial charge in [0, 0.05) is 37.0 Å². The molecule has 112 valence electrons. The molecule has 21 heavy (non-hydrogen) atoms. The standard InChI is InChI=1S/C17H23N3O/c1-17(2,16(21)14-8-6-5-7-9-14)13-19(3)12-15-18-10-11-20(15)4/h5-11H,12-13H2,1-4H3. The quantitative estimate of drug-likeness (QED) is 0.766. The highest BCUT2D eigenvalue weighted by molar-refractivity contribution is 6.00. The van der Waals surface area contributed by atoms with Crippen LogP contribution in [0.25, 0.3) is 0 Å². The lowest BCUT2D eigenvalue weighted by Crippen LogP contribution is -2.37. The zero-order valence-electron chi connectivity index (χ0n) is 13.2. The molecule has 0 aliphatic rings. The molecule has 0 saturated heterocycles. The lowest BCUT2D eigenvalue weighted by Gasteiger charge is -2.29. The summed E-state index contributed by atoms with van der Waals surface area (Å²) in [5.41, 5.74) is 0.342. The highest BCUT2D eigenvalue weighted by atomic mass is 16.1. The van der Waals surface area contributed by atoms with Crippen LogP contribution in [0.1, 0.15) is 30.0 Å². The Bertz CT molecular complexity index is 602. The molecule has 4 nitrogen and oxygen atoms in total. The van der Waals surface area contributed by atoms with Crippen LogP contribution in [0, 0.1) is 5.41 Å². The second-order valence-electron chi connectivity index (χ2n) is 6.21. The van der Waals surface area contributed by atoms with Crippen molar-refractivity contribution in [2.45, 2.75) is 20.4 Å². The summed E-state index contributed by atoms with van der Waals surface area (Å²) in [6, 6.07) is 9.49. The van der Waals surface area contributed by atoms with Crippen LogP contribution in [0.2, 0.25) is 0 Å². The molecule has 1 heterocycles. The van der Waals surface area contributed by atoms with Crippen LogP contribution < -0.4 is 0 Å². The fraction of sp³-hybridized carbons (Fsp3) is 0.412. The van der Waals surface area contributed by atoms with Crippen molar-refractivity contribution < 1.29 is 4.79 Å². The van der Waals surface area contributed by atoms with Crippen molar-refractivity contribution in [3.63, 3.8) is 0 Å². The minimum atomic E-state index is -0.429. The molecule has 0 aliphatic heterocycles. The lowest BCUT2D eigenvalue weighted by molar-refractivity contribution is 0.0776. The zero-order chi connectivity index (χ0) is 15.5. The molecule has 2 rings (SSSR count). The van der Waals surface area contributed by atoms with Gasteiger partial charge in [-0.15, -0.1) is 0 Å². The van der Waals surface area contributed by atoms with Gasteiger partial charge in [0.15, 0.2) is 5.78 Å². The number of Topliss-reactive ketones (excluding diaryl/α,β-unsaturated/α-hetero) is 1. The third kappa shape index (κ3) is 3.79. The van der Waals surface area contributed by atoms with Crippen molar-refractivity contribution in [3.8, 4) is 0 Å². The summed E-state index contributed by atoms with van der Waals surface area (Å²) in [4.78, 5) is 19.1. The average Bonchev–Trinajstić information content (AvgIpc) is 2.83. The molecule has 1 aromatic carbocycles. The molecule has 4 heteroatoms. The SMILES string of the molecule is CN(Cc1nccn1C)CC(C)(C)C(=O)c1ccccc1. The monoisotopic (exact) mass is 285 g/mol. The van der Waals surface area contributed by atoms with Crippen LogP contribution in [0.15, 0.2) is 42.7 Å². The van der Waals surface area contributed by atoms with Crippen molar-refractivity contribution in [1.82, 2.24) is 14.5 Å². The Labute approximate surface area is 126 Å². The average molecular weight is 285 g/mol. The number of imidazole rings is 1. The lowest BCUT2D eigenvalue weighted by atomic mass is 9.84. The van der Waals surface area contributed by atoms with E-state index in [1.165, 1.54) is 0 Å². The summed E-state index contributed by atoms with van der Waals surface area (Å²) in [7, 11) is 4.01. The molecular weight excluding hydrogens is 262 g/mol. The van der Waals surface area contributed by atoms with E-state index in [9.17, 15) is 4.79 Å². The molecule has 0 aliphatic carbocycles. The van der Waals surface area contributed by atoms with Gasteiger partial charge in [0.05, 0.1) is 6.54 Å². The van der Waals surface area contributed by atoms with Crippen molar-refractivity contribution in [2.24, 2.45) is 12.5 Å². The Morgan fingerprint density at radius 1 is 1.29 bits per heavy atom. The van der Waals surface area contributed by atoms with Gasteiger partial charge in [-0.3, -0.25) is 9.69 Å². The van der Waals surface area contributed by atoms with E-state index in [0.29, 0.717) is 6.54 Å². The number of rotatable bonds is 6. The van der Waals surface area contributed by atoms with E-state index < -0.39 is 5.41 Å². The summed E-state index contributed by atoms with van der Waals surface area (Å²) in [5.74, 6) is 1.18. The number of aryl methyl sites for hydroxylation is 1. The minimum Gasteiger partial charge on any atom is -0.337 e. The molecule has 0 bridgehead atoms. The Morgan fingerprint density at radius 3 is 2.52 bits per heavy atom. The molecule has 1 aromatic heterocycles. The Hall–Kier alpha value is -1.94. The van der Waals surface area contributed by atoms with Gasteiger partial charge in [0.2, 0.25) is 0 Å². The van der Waals surface area contributed by atoms with Gasteiger partial charge in [0.1, 0.15) is 5.82 Å². The molecule has 0 unspecified atom stereocenters. The van der Waals surface area contributed by atoms with E-state index in [2.05, 4.69) is 9.88 Å². The first-order chi connectivity index (χ1) is 9.90. The van der Waals surface area contributed by atoms with Crippen molar-refractivity contribution in [2.75, 3.05) is 13.6 Å². The highest BCUT2D eigenvalue weighted by Gasteiger charge is 2.30. The van der Waals surface area contributed by atoms with Crippen LogP contribution in [0.5, 0.6) is 0 Å². The molecule has 0 fully saturated rings. The van der Waals surface area contributed by atoms with Gasteiger partial charge in [-0.25, -0.2) is 4.98 Å². The maximum absolute atomic E-state index is 12.6. The van der Waals surface area contributed by atoms with E-state index in [-0.39, 0.29) is 5.78 Å². The molecule has 0 amide bonds. The van der Waals surface area contributed by atoms with Crippen molar-refractivity contribution in [1.29, 1.82) is 0 Å². The fourth-order valence-electron chi connectivity index (χ4n) is 2.57. The molecule has 0 N–H and O–H groups in total. The predicted molar refractivity (Wildman–Crippen MR) is 84.1 cm³/mol. The molecule has 0 atom stereocenters. The van der Waals surface area contributed by atoms with Crippen LogP contribution in [0.3, 0.4) is 0 Å². The van der Waals surface area contributed by atoms with Gasteiger partial charge in [-0.1, -0.05) is 44.2 Å². The van der Waals surface area contributed by atoms with Gasteiger partial charge < -0.3 is 4.57 Å². The first-order valence-electron chi connectivity index (χ1n) is 7.15. The first kappa shape index (κ1) is 15.4. The highest BCUT2D eigenvalue weighted by Crippen LogP contribution is 2.23. The van der Waals surface area contributed by atoms with Crippen molar-refractivity contribution >= 4 is 5.78 Å². The number of aromatic nitrogens is 2. The summed E-state index contributed by atoms with van der Waals surface area (Å²) in [6.07, 6.45) is 3.73. The summed E-state index contributed by atoms with van der Waals surface area (Å²) in [5, 5.41) is 0. The van der Waals surface area contributed by atoms with Crippen LogP contribution in [0.4, 0.5) is 0 Å². The van der Waals surface area contributed by atoms with E-state index in [0.717, 1.165) is 17.9 Å². The maximum atomic E-state index is 12.6. The second-order valence-corrected chi connectivity index (χ2v) is 6.21. The summed E-state index contributed by atoms with van der Waals surface area (Å²) >= 11 is 0. The van der Waals surface area contributed by atoms with Crippen LogP contribution in [-0.2, 0) is 13.6 Å². The molecule has 0 saturated carbocycles. The predicted octanol–water partition coefficient (Wildman–Crippen LogP) is 2.76. The second kappa shape index (κ2) is 6.22. The number of carbonyl (C=O) groups is 1. The number of ketones is 1. The number of nitrogens with zero attached hydrogens (tertiary/aromatic N) is 3. The zero-order valence-corrected chi connectivity index (χ0v) is 13.2. The Kier molecular flexibility index (Phi) is 4.58. The normalized spacial score (nSPS) is 11.9. The summed E-state index contributed by atoms with van der Waals surface area (Å²) < 4.78 is 2.00. The molecular formula is C17H23N3O. The van der Waals surface area contributed by atoms with Crippen molar-refractivity contribution in [3.05, 3.63) is 54.1 Å². The largest absolute Gasteiger partial charge is 0.337 e. The van der Waals surface area contributed by atoms with Crippen LogP contribution in [-0.4, -0.2) is 33.8 Å². The van der Waals surface area contributed by atoms with Gasteiger partial charge in [-0.2, -0.15) is 0 Å². The van der Waals surface area contributed by atoms with E-state index in [1.54, 1.807) is 6.20 Å². The molecule has 0 spiro atoms. The van der Waals surface area contributed by atoms with Gasteiger partial charge >= 0.3 is 0 Å². The third-order valence-electron chi connectivity index (χ3n) is 3.65. The number of carbonyl (C=O) groups excluding carboxylic acids is 1. The summed E-state index contributed by atoms with van der Waals surface area (Å²) in [6.45, 7) is 5.41. The van der Waals surface area contributed by atoms with E-state index in [1.807, 2.05) is 69.0 Å². The number of benzene rings is 1. The smallest absolute Gasteiger partial charge is 0.169 e. The molecule has 2 aromatic rings. The maximum Gasteiger partial charge on any atom is 0.169 e. The number of hydrogen-bond donors (Lipinski definition) is 0. The Morgan fingerprint density at radius 2 is 1.95 bits per heavy atom. The van der Waals surface area contributed by atoms with Gasteiger partial charge in [0.25, 0.3) is 0 Å². The van der Waals surface area contributed by atoms with E-state index >= 15 is 0 Å². The van der Waals surface area contributed by atoms with Crippen LogP contribution >= 0.6 is 0 Å². The Balaban J connectivity index is 2.03. The fourth-order valence-corrected chi connectivity index (χ4v) is 2.57. The minimum absolute atomic E-state index is 0.176. The van der Waals surface area contributed by atoms with E-state index in [4.69, 9.17) is 0 Å². The molecule has 0 radical (unpaired) electrons.